The van der Waals surface area contributed by atoms with Crippen molar-refractivity contribution in [1.82, 2.24) is 9.55 Å². The Bertz CT molecular complexity index is 348. The molecule has 1 aliphatic rings. The van der Waals surface area contributed by atoms with Gasteiger partial charge < -0.3 is 15.4 Å². The summed E-state index contributed by atoms with van der Waals surface area (Å²) in [6.45, 7) is 0.669. The Kier molecular flexibility index (Phi) is 2.25. The standard InChI is InChI=1S/C9H13N3O2/c10-8(9(13)14)6-1-2-7-3-11-5-12(7)4-6/h3,5-6,8H,1-2,4,10H2,(H,13,14). The molecule has 1 aromatic heterocycles. The molecule has 0 amide bonds. The number of rotatable bonds is 2. The second-order valence-corrected chi connectivity index (χ2v) is 3.70. The molecule has 1 aromatic rings. The SMILES string of the molecule is NC(C(=O)O)C1CCc2cncn2C1. The van der Waals surface area contributed by atoms with Crippen molar-refractivity contribution in [3.05, 3.63) is 18.2 Å². The number of aromatic nitrogens is 2. The van der Waals surface area contributed by atoms with Crippen molar-refractivity contribution in [3.8, 4) is 0 Å². The van der Waals surface area contributed by atoms with Crippen LogP contribution in [0.25, 0.3) is 0 Å². The summed E-state index contributed by atoms with van der Waals surface area (Å²) in [6.07, 6.45) is 5.25. The van der Waals surface area contributed by atoms with Gasteiger partial charge >= 0.3 is 5.97 Å². The molecule has 5 nitrogen and oxygen atoms in total. The molecule has 76 valence electrons. The van der Waals surface area contributed by atoms with E-state index in [0.717, 1.165) is 12.8 Å². The fraction of sp³-hybridized carbons (Fsp3) is 0.556. The number of fused-ring (bicyclic) bond motifs is 1. The number of carboxylic acid groups (broad SMARTS) is 1. The number of aliphatic carboxylic acids is 1. The number of carbonyl (C=O) groups is 1. The monoisotopic (exact) mass is 195 g/mol. The van der Waals surface area contributed by atoms with Crippen LogP contribution in [-0.4, -0.2) is 26.7 Å². The molecule has 2 rings (SSSR count). The average molecular weight is 195 g/mol. The molecule has 5 heteroatoms. The van der Waals surface area contributed by atoms with Crippen molar-refractivity contribution in [1.29, 1.82) is 0 Å². The number of hydrogen-bond donors (Lipinski definition) is 2. The molecule has 0 aromatic carbocycles. The zero-order chi connectivity index (χ0) is 10.1. The number of nitrogens with two attached hydrogens (primary N) is 1. The Labute approximate surface area is 81.5 Å². The van der Waals surface area contributed by atoms with E-state index in [1.165, 1.54) is 5.69 Å². The molecule has 0 radical (unpaired) electrons. The third kappa shape index (κ3) is 1.50. The van der Waals surface area contributed by atoms with Crippen molar-refractivity contribution >= 4 is 5.97 Å². The van der Waals surface area contributed by atoms with Crippen LogP contribution in [-0.2, 0) is 17.8 Å². The van der Waals surface area contributed by atoms with E-state index >= 15 is 0 Å². The number of imidazole rings is 1. The molecule has 0 spiro atoms. The largest absolute Gasteiger partial charge is 0.480 e. The fourth-order valence-corrected chi connectivity index (χ4v) is 1.89. The van der Waals surface area contributed by atoms with E-state index in [9.17, 15) is 4.79 Å². The lowest BCUT2D eigenvalue weighted by Crippen LogP contribution is -2.41. The summed E-state index contributed by atoms with van der Waals surface area (Å²) in [5, 5.41) is 8.78. The minimum absolute atomic E-state index is 0.0224. The van der Waals surface area contributed by atoms with Gasteiger partial charge in [-0.3, -0.25) is 4.79 Å². The molecule has 0 fully saturated rings. The van der Waals surface area contributed by atoms with E-state index in [0.29, 0.717) is 6.54 Å². The Hall–Kier alpha value is -1.36. The van der Waals surface area contributed by atoms with E-state index in [1.807, 2.05) is 10.8 Å². The lowest BCUT2D eigenvalue weighted by Gasteiger charge is -2.26. The molecule has 0 aliphatic carbocycles. The van der Waals surface area contributed by atoms with Crippen molar-refractivity contribution in [2.75, 3.05) is 0 Å². The normalized spacial score (nSPS) is 22.8. The van der Waals surface area contributed by atoms with Gasteiger partial charge in [0.25, 0.3) is 0 Å². The molecule has 0 bridgehead atoms. The van der Waals surface area contributed by atoms with Crippen LogP contribution in [0.15, 0.2) is 12.5 Å². The predicted molar refractivity (Wildman–Crippen MR) is 49.6 cm³/mol. The minimum Gasteiger partial charge on any atom is -0.480 e. The molecule has 14 heavy (non-hydrogen) atoms. The Morgan fingerprint density at radius 1 is 1.79 bits per heavy atom. The highest BCUT2D eigenvalue weighted by Gasteiger charge is 2.27. The minimum atomic E-state index is -0.918. The van der Waals surface area contributed by atoms with Gasteiger partial charge in [-0.1, -0.05) is 0 Å². The van der Waals surface area contributed by atoms with Crippen LogP contribution in [0, 0.1) is 5.92 Å². The number of hydrogen-bond acceptors (Lipinski definition) is 3. The van der Waals surface area contributed by atoms with Gasteiger partial charge in [0.15, 0.2) is 0 Å². The molecule has 2 heterocycles. The summed E-state index contributed by atoms with van der Waals surface area (Å²) >= 11 is 0. The molecule has 2 unspecified atom stereocenters. The fourth-order valence-electron chi connectivity index (χ4n) is 1.89. The maximum absolute atomic E-state index is 10.7. The van der Waals surface area contributed by atoms with Gasteiger partial charge in [0.2, 0.25) is 0 Å². The Balaban J connectivity index is 2.11. The Morgan fingerprint density at radius 2 is 2.57 bits per heavy atom. The predicted octanol–water partition coefficient (Wildman–Crippen LogP) is -0.143. The van der Waals surface area contributed by atoms with Gasteiger partial charge in [-0.15, -0.1) is 0 Å². The summed E-state index contributed by atoms with van der Waals surface area (Å²) in [6, 6.07) is -0.759. The van der Waals surface area contributed by atoms with Crippen LogP contribution in [0.4, 0.5) is 0 Å². The summed E-state index contributed by atoms with van der Waals surface area (Å²) in [5.41, 5.74) is 6.75. The molecular formula is C9H13N3O2. The highest BCUT2D eigenvalue weighted by molar-refractivity contribution is 5.73. The second kappa shape index (κ2) is 3.42. The summed E-state index contributed by atoms with van der Waals surface area (Å²) in [5.74, 6) is -0.896. The summed E-state index contributed by atoms with van der Waals surface area (Å²) < 4.78 is 1.98. The topological polar surface area (TPSA) is 81.1 Å². The molecule has 2 atom stereocenters. The lowest BCUT2D eigenvalue weighted by atomic mass is 9.91. The molecule has 1 aliphatic heterocycles. The van der Waals surface area contributed by atoms with E-state index in [2.05, 4.69) is 4.98 Å². The van der Waals surface area contributed by atoms with Gasteiger partial charge in [-0.2, -0.15) is 0 Å². The maximum atomic E-state index is 10.7. The average Bonchev–Trinajstić information content (AvgIpc) is 2.62. The third-order valence-corrected chi connectivity index (χ3v) is 2.79. The van der Waals surface area contributed by atoms with Gasteiger partial charge in [0, 0.05) is 24.4 Å². The summed E-state index contributed by atoms with van der Waals surface area (Å²) in [4.78, 5) is 14.7. The van der Waals surface area contributed by atoms with E-state index in [-0.39, 0.29) is 5.92 Å². The Morgan fingerprint density at radius 3 is 3.29 bits per heavy atom. The van der Waals surface area contributed by atoms with Crippen LogP contribution in [0.1, 0.15) is 12.1 Å². The number of aryl methyl sites for hydroxylation is 1. The maximum Gasteiger partial charge on any atom is 0.320 e. The molecular weight excluding hydrogens is 182 g/mol. The zero-order valence-corrected chi connectivity index (χ0v) is 7.76. The van der Waals surface area contributed by atoms with Gasteiger partial charge in [0.1, 0.15) is 6.04 Å². The molecule has 3 N–H and O–H groups in total. The van der Waals surface area contributed by atoms with Gasteiger partial charge in [-0.25, -0.2) is 4.98 Å². The van der Waals surface area contributed by atoms with Crippen molar-refractivity contribution < 1.29 is 9.90 Å². The van der Waals surface area contributed by atoms with E-state index < -0.39 is 12.0 Å². The summed E-state index contributed by atoms with van der Waals surface area (Å²) in [7, 11) is 0. The van der Waals surface area contributed by atoms with Crippen LogP contribution in [0.5, 0.6) is 0 Å². The van der Waals surface area contributed by atoms with Crippen molar-refractivity contribution in [2.45, 2.75) is 25.4 Å². The second-order valence-electron chi connectivity index (χ2n) is 3.70. The lowest BCUT2D eigenvalue weighted by molar-refractivity contribution is -0.140. The number of nitrogens with zero attached hydrogens (tertiary/aromatic N) is 2. The first kappa shape index (κ1) is 9.21. The van der Waals surface area contributed by atoms with Crippen molar-refractivity contribution in [3.63, 3.8) is 0 Å². The van der Waals surface area contributed by atoms with Crippen molar-refractivity contribution in [2.24, 2.45) is 11.7 Å². The van der Waals surface area contributed by atoms with E-state index in [4.69, 9.17) is 10.8 Å². The first-order valence-electron chi connectivity index (χ1n) is 4.66. The third-order valence-electron chi connectivity index (χ3n) is 2.79. The van der Waals surface area contributed by atoms with Crippen LogP contribution >= 0.6 is 0 Å². The van der Waals surface area contributed by atoms with Gasteiger partial charge in [0.05, 0.1) is 6.33 Å². The highest BCUT2D eigenvalue weighted by Crippen LogP contribution is 2.21. The van der Waals surface area contributed by atoms with Crippen LogP contribution in [0.3, 0.4) is 0 Å². The van der Waals surface area contributed by atoms with E-state index in [1.54, 1.807) is 6.33 Å². The van der Waals surface area contributed by atoms with Crippen LogP contribution < -0.4 is 5.73 Å². The number of carboxylic acids is 1. The van der Waals surface area contributed by atoms with Crippen LogP contribution in [0.2, 0.25) is 0 Å². The molecule has 0 saturated carbocycles. The van der Waals surface area contributed by atoms with Gasteiger partial charge in [-0.05, 0) is 12.8 Å². The quantitative estimate of drug-likeness (QED) is 0.688. The smallest absolute Gasteiger partial charge is 0.320 e. The molecule has 0 saturated heterocycles. The first-order chi connectivity index (χ1) is 6.68. The zero-order valence-electron chi connectivity index (χ0n) is 7.76. The highest BCUT2D eigenvalue weighted by atomic mass is 16.4. The first-order valence-corrected chi connectivity index (χ1v) is 4.66.